The van der Waals surface area contributed by atoms with Gasteiger partial charge in [0.25, 0.3) is 5.56 Å². The van der Waals surface area contributed by atoms with E-state index in [1.165, 1.54) is 17.5 Å². The Balaban J connectivity index is 2.10. The minimum Gasteiger partial charge on any atom is -0.380 e. The number of hydrogen-bond donors (Lipinski definition) is 1. The Bertz CT molecular complexity index is 493. The molecule has 0 aromatic carbocycles. The van der Waals surface area contributed by atoms with Gasteiger partial charge in [-0.2, -0.15) is 5.10 Å². The van der Waals surface area contributed by atoms with Crippen LogP contribution in [0.5, 0.6) is 0 Å². The maximum absolute atomic E-state index is 11.9. The summed E-state index contributed by atoms with van der Waals surface area (Å²) in [6, 6.07) is 0.312. The summed E-state index contributed by atoms with van der Waals surface area (Å²) in [5.41, 5.74) is 0.343. The van der Waals surface area contributed by atoms with Crippen LogP contribution in [0, 0.1) is 5.92 Å². The van der Waals surface area contributed by atoms with Crippen molar-refractivity contribution in [2.45, 2.75) is 38.8 Å². The molecule has 1 aromatic heterocycles. The quantitative estimate of drug-likeness (QED) is 0.806. The van der Waals surface area contributed by atoms with Gasteiger partial charge in [0.1, 0.15) is 5.02 Å². The number of nitrogens with one attached hydrogen (secondary N) is 1. The van der Waals surface area contributed by atoms with Gasteiger partial charge in [-0.25, -0.2) is 4.68 Å². The molecule has 0 aliphatic heterocycles. The number of rotatable bonds is 6. The zero-order chi connectivity index (χ0) is 13.1. The lowest BCUT2D eigenvalue weighted by Gasteiger charge is -2.15. The molecular weight excluding hydrogens is 250 g/mol. The Labute approximate surface area is 112 Å². The first-order valence-electron chi connectivity index (χ1n) is 6.25. The molecule has 0 bridgehead atoms. The predicted octanol–water partition coefficient (Wildman–Crippen LogP) is 2.68. The van der Waals surface area contributed by atoms with Crippen LogP contribution in [0.2, 0.25) is 5.02 Å². The molecule has 1 saturated carbocycles. The highest BCUT2D eigenvalue weighted by atomic mass is 35.5. The maximum Gasteiger partial charge on any atom is 0.287 e. The third kappa shape index (κ3) is 3.13. The lowest BCUT2D eigenvalue weighted by atomic mass is 10.1. The summed E-state index contributed by atoms with van der Waals surface area (Å²) in [6.45, 7) is 6.05. The molecule has 1 N–H and O–H groups in total. The van der Waals surface area contributed by atoms with Crippen molar-refractivity contribution in [1.82, 2.24) is 9.78 Å². The van der Waals surface area contributed by atoms with Gasteiger partial charge >= 0.3 is 0 Å². The van der Waals surface area contributed by atoms with Crippen LogP contribution in [0.15, 0.2) is 23.6 Å². The largest absolute Gasteiger partial charge is 0.380 e. The molecule has 2 rings (SSSR count). The molecule has 4 nitrogen and oxygen atoms in total. The van der Waals surface area contributed by atoms with Gasteiger partial charge in [0, 0.05) is 6.04 Å². The van der Waals surface area contributed by atoms with Crippen LogP contribution in [0.4, 0.5) is 5.69 Å². The van der Waals surface area contributed by atoms with E-state index >= 15 is 0 Å². The Hall–Kier alpha value is -1.29. The predicted molar refractivity (Wildman–Crippen MR) is 74.1 cm³/mol. The van der Waals surface area contributed by atoms with E-state index in [2.05, 4.69) is 23.9 Å². The number of halogens is 1. The molecule has 1 aliphatic rings. The molecule has 98 valence electrons. The zero-order valence-electron chi connectivity index (χ0n) is 10.5. The molecule has 5 heteroatoms. The second-order valence-electron chi connectivity index (χ2n) is 4.87. The van der Waals surface area contributed by atoms with Crippen molar-refractivity contribution in [3.05, 3.63) is 34.2 Å². The number of hydrogen-bond acceptors (Lipinski definition) is 3. The topological polar surface area (TPSA) is 46.9 Å². The Morgan fingerprint density at radius 2 is 2.44 bits per heavy atom. The fourth-order valence-corrected chi connectivity index (χ4v) is 2.20. The smallest absolute Gasteiger partial charge is 0.287 e. The Morgan fingerprint density at radius 1 is 1.72 bits per heavy atom. The summed E-state index contributed by atoms with van der Waals surface area (Å²) in [7, 11) is 0. The van der Waals surface area contributed by atoms with Crippen molar-refractivity contribution in [2.75, 3.05) is 5.32 Å². The van der Waals surface area contributed by atoms with E-state index in [1.807, 2.05) is 0 Å². The molecule has 1 atom stereocenters. The van der Waals surface area contributed by atoms with Gasteiger partial charge in [0.05, 0.1) is 18.4 Å². The fourth-order valence-electron chi connectivity index (χ4n) is 2.00. The minimum atomic E-state index is -0.278. The molecule has 1 aromatic rings. The number of anilines is 1. The molecule has 1 heterocycles. The lowest BCUT2D eigenvalue weighted by molar-refractivity contribution is 0.632. The summed E-state index contributed by atoms with van der Waals surface area (Å²) < 4.78 is 1.30. The van der Waals surface area contributed by atoms with Crippen LogP contribution in [0.1, 0.15) is 26.2 Å². The van der Waals surface area contributed by atoms with Gasteiger partial charge in [-0.3, -0.25) is 4.79 Å². The average Bonchev–Trinajstić information content (AvgIpc) is 3.13. The highest BCUT2D eigenvalue weighted by Gasteiger charge is 2.24. The van der Waals surface area contributed by atoms with E-state index in [1.54, 1.807) is 12.3 Å². The first-order valence-corrected chi connectivity index (χ1v) is 6.62. The van der Waals surface area contributed by atoms with E-state index in [-0.39, 0.29) is 10.6 Å². The molecule has 1 unspecified atom stereocenters. The molecule has 0 saturated heterocycles. The molecule has 0 radical (unpaired) electrons. The van der Waals surface area contributed by atoms with E-state index in [4.69, 9.17) is 11.6 Å². The second kappa shape index (κ2) is 5.57. The molecular formula is C13H18ClN3O. The zero-order valence-corrected chi connectivity index (χ0v) is 11.3. The van der Waals surface area contributed by atoms with E-state index in [0.29, 0.717) is 18.3 Å². The van der Waals surface area contributed by atoms with Crippen molar-refractivity contribution in [3.63, 3.8) is 0 Å². The fraction of sp³-hybridized carbons (Fsp3) is 0.538. The van der Waals surface area contributed by atoms with E-state index < -0.39 is 0 Å². The second-order valence-corrected chi connectivity index (χ2v) is 5.25. The van der Waals surface area contributed by atoms with Crippen LogP contribution in [-0.4, -0.2) is 15.8 Å². The number of aromatic nitrogens is 2. The van der Waals surface area contributed by atoms with E-state index in [9.17, 15) is 4.79 Å². The first-order chi connectivity index (χ1) is 8.61. The minimum absolute atomic E-state index is 0.203. The molecule has 1 fully saturated rings. The van der Waals surface area contributed by atoms with Gasteiger partial charge in [-0.15, -0.1) is 6.58 Å². The summed E-state index contributed by atoms with van der Waals surface area (Å²) in [4.78, 5) is 11.9. The Kier molecular flexibility index (Phi) is 4.07. The molecule has 0 spiro atoms. The third-order valence-electron chi connectivity index (χ3n) is 3.07. The van der Waals surface area contributed by atoms with Gasteiger partial charge in [0.2, 0.25) is 0 Å². The summed E-state index contributed by atoms with van der Waals surface area (Å²) in [5.74, 6) is 0.834. The number of nitrogens with zero attached hydrogens (tertiary/aromatic N) is 2. The Morgan fingerprint density at radius 3 is 3.06 bits per heavy atom. The van der Waals surface area contributed by atoms with Crippen molar-refractivity contribution < 1.29 is 0 Å². The summed E-state index contributed by atoms with van der Waals surface area (Å²) >= 11 is 6.06. The highest BCUT2D eigenvalue weighted by molar-refractivity contribution is 6.32. The lowest BCUT2D eigenvalue weighted by Crippen LogP contribution is -2.25. The van der Waals surface area contributed by atoms with Gasteiger partial charge in [-0.1, -0.05) is 30.5 Å². The SMILES string of the molecule is C=CCn1ncc(NC(C)CC2CC2)c(Cl)c1=O. The maximum atomic E-state index is 11.9. The van der Waals surface area contributed by atoms with Crippen molar-refractivity contribution in [3.8, 4) is 0 Å². The molecule has 18 heavy (non-hydrogen) atoms. The highest BCUT2D eigenvalue weighted by Crippen LogP contribution is 2.34. The average molecular weight is 268 g/mol. The normalized spacial score (nSPS) is 16.3. The molecule has 1 aliphatic carbocycles. The third-order valence-corrected chi connectivity index (χ3v) is 3.44. The van der Waals surface area contributed by atoms with Crippen LogP contribution in [-0.2, 0) is 6.54 Å². The van der Waals surface area contributed by atoms with Crippen molar-refractivity contribution >= 4 is 17.3 Å². The first kappa shape index (κ1) is 13.1. The monoisotopic (exact) mass is 267 g/mol. The number of allylic oxidation sites excluding steroid dienone is 1. The van der Waals surface area contributed by atoms with Crippen molar-refractivity contribution in [2.24, 2.45) is 5.92 Å². The van der Waals surface area contributed by atoms with Gasteiger partial charge < -0.3 is 5.32 Å². The molecule has 0 amide bonds. The standard InChI is InChI=1S/C13H18ClN3O/c1-3-6-17-13(18)12(14)11(8-15-17)16-9(2)7-10-4-5-10/h3,8-10,16H,1,4-7H2,2H3. The van der Waals surface area contributed by atoms with Crippen LogP contribution >= 0.6 is 11.6 Å². The van der Waals surface area contributed by atoms with Crippen molar-refractivity contribution in [1.29, 1.82) is 0 Å². The van der Waals surface area contributed by atoms with Gasteiger partial charge in [0.15, 0.2) is 0 Å². The van der Waals surface area contributed by atoms with Crippen LogP contribution < -0.4 is 10.9 Å². The van der Waals surface area contributed by atoms with Crippen LogP contribution in [0.25, 0.3) is 0 Å². The summed E-state index contributed by atoms with van der Waals surface area (Å²) in [5, 5.41) is 7.52. The summed E-state index contributed by atoms with van der Waals surface area (Å²) in [6.07, 6.45) is 6.98. The van der Waals surface area contributed by atoms with Crippen LogP contribution in [0.3, 0.4) is 0 Å². The van der Waals surface area contributed by atoms with Gasteiger partial charge in [-0.05, 0) is 19.3 Å². The van der Waals surface area contributed by atoms with E-state index in [0.717, 1.165) is 12.3 Å².